The molecule has 0 aliphatic carbocycles. The molecule has 0 heterocycles. The van der Waals surface area contributed by atoms with E-state index in [0.717, 1.165) is 16.5 Å². The third kappa shape index (κ3) is 3.17. The Morgan fingerprint density at radius 2 is 1.61 bits per heavy atom. The van der Waals surface area contributed by atoms with E-state index in [4.69, 9.17) is 4.18 Å². The van der Waals surface area contributed by atoms with Gasteiger partial charge >= 0.3 is 29.6 Å². The first-order valence-corrected chi connectivity index (χ1v) is 6.20. The van der Waals surface area contributed by atoms with Gasteiger partial charge in [-0.05, 0) is 12.1 Å². The molecule has 0 amide bonds. The van der Waals surface area contributed by atoms with Crippen molar-refractivity contribution in [2.45, 2.75) is 0 Å². The Morgan fingerprint density at radius 1 is 1.00 bits per heavy atom. The van der Waals surface area contributed by atoms with Gasteiger partial charge in [0.2, 0.25) is 0 Å². The Labute approximate surface area is 130 Å². The van der Waals surface area contributed by atoms with Crippen LogP contribution in [0.2, 0.25) is 0 Å². The molecule has 0 spiro atoms. The molecule has 0 saturated heterocycles. The number of thiol groups is 1. The second-order valence-corrected chi connectivity index (χ2v) is 4.47. The van der Waals surface area contributed by atoms with E-state index in [0.29, 0.717) is 5.75 Å². The summed E-state index contributed by atoms with van der Waals surface area (Å²) in [5.74, 6) is 0.363. The van der Waals surface area contributed by atoms with Gasteiger partial charge in [-0.2, -0.15) is 8.42 Å². The predicted octanol–water partition coefficient (Wildman–Crippen LogP) is 1.16. The number of benzene rings is 2. The maximum atomic E-state index is 10.6. The van der Waals surface area contributed by atoms with Crippen LogP contribution in [0.15, 0.2) is 36.4 Å². The summed E-state index contributed by atoms with van der Waals surface area (Å²) < 4.78 is 26.1. The summed E-state index contributed by atoms with van der Waals surface area (Å²) in [4.78, 5) is 1.98. The molecule has 0 unspecified atom stereocenters. The number of hydrogen-bond acceptors (Lipinski definition) is 4. The Morgan fingerprint density at radius 3 is 2.22 bits per heavy atom. The Hall–Kier alpha value is -0.750. The molecular weight excluding hydrogens is 261 g/mol. The van der Waals surface area contributed by atoms with Gasteiger partial charge in [0.1, 0.15) is 5.75 Å². The SMILES string of the molecule is CN(C)c1cccc2c(O[SH](=O)=O)cccc12.[NaH]. The molecule has 0 atom stereocenters. The van der Waals surface area contributed by atoms with E-state index in [1.165, 1.54) is 0 Å². The van der Waals surface area contributed by atoms with Crippen LogP contribution in [-0.4, -0.2) is 52.1 Å². The van der Waals surface area contributed by atoms with Gasteiger partial charge in [0.05, 0.1) is 0 Å². The van der Waals surface area contributed by atoms with Crippen molar-refractivity contribution in [2.75, 3.05) is 19.0 Å². The maximum absolute atomic E-state index is 10.6. The van der Waals surface area contributed by atoms with Crippen molar-refractivity contribution >= 4 is 57.0 Å². The molecule has 0 aliphatic heterocycles. The average molecular weight is 275 g/mol. The molecule has 0 fully saturated rings. The molecule has 0 bridgehead atoms. The van der Waals surface area contributed by atoms with Crippen LogP contribution < -0.4 is 9.08 Å². The van der Waals surface area contributed by atoms with Gasteiger partial charge in [0.25, 0.3) is 11.0 Å². The predicted molar refractivity (Wildman–Crippen MR) is 76.4 cm³/mol. The number of hydrogen-bond donors (Lipinski definition) is 1. The monoisotopic (exact) mass is 275 g/mol. The van der Waals surface area contributed by atoms with Gasteiger partial charge in [-0.15, -0.1) is 0 Å². The normalized spacial score (nSPS) is 10.2. The third-order valence-electron chi connectivity index (χ3n) is 2.51. The molecule has 0 radical (unpaired) electrons. The van der Waals surface area contributed by atoms with Gasteiger partial charge in [-0.25, -0.2) is 0 Å². The van der Waals surface area contributed by atoms with Crippen LogP contribution in [-0.2, 0) is 11.0 Å². The Kier molecular flexibility index (Phi) is 5.47. The standard InChI is InChI=1S/C12H13NO3S.Na.H/c1-13(2)11-7-3-6-10-9(11)5-4-8-12(10)16-17(14)15;;/h3-8,17H,1-2H3;;. The summed E-state index contributed by atoms with van der Waals surface area (Å²) in [5.41, 5.74) is 1.02. The van der Waals surface area contributed by atoms with Crippen molar-refractivity contribution in [3.63, 3.8) is 0 Å². The van der Waals surface area contributed by atoms with Gasteiger partial charge < -0.3 is 9.08 Å². The Bertz CT molecular complexity index is 618. The van der Waals surface area contributed by atoms with Gasteiger partial charge in [0, 0.05) is 30.6 Å². The van der Waals surface area contributed by atoms with Crippen LogP contribution in [0.3, 0.4) is 0 Å². The van der Waals surface area contributed by atoms with Crippen molar-refractivity contribution in [3.8, 4) is 5.75 Å². The first-order valence-electron chi connectivity index (χ1n) is 5.11. The number of rotatable bonds is 3. The number of anilines is 1. The summed E-state index contributed by atoms with van der Waals surface area (Å²) in [6, 6.07) is 11.1. The average Bonchev–Trinajstić information content (AvgIpc) is 2.28. The molecule has 4 nitrogen and oxygen atoms in total. The van der Waals surface area contributed by atoms with Crippen LogP contribution in [0.25, 0.3) is 10.8 Å². The van der Waals surface area contributed by atoms with E-state index >= 15 is 0 Å². The molecule has 0 saturated carbocycles. The van der Waals surface area contributed by atoms with E-state index in [1.54, 1.807) is 12.1 Å². The number of nitrogens with zero attached hydrogens (tertiary/aromatic N) is 1. The molecule has 0 aromatic heterocycles. The fraction of sp³-hybridized carbons (Fsp3) is 0.167. The van der Waals surface area contributed by atoms with Gasteiger partial charge in [-0.1, -0.05) is 24.3 Å². The summed E-state index contributed by atoms with van der Waals surface area (Å²) in [6.45, 7) is 0. The van der Waals surface area contributed by atoms with Crippen LogP contribution in [0.4, 0.5) is 5.69 Å². The number of fused-ring (bicyclic) bond motifs is 1. The van der Waals surface area contributed by atoms with E-state index in [-0.39, 0.29) is 29.6 Å². The van der Waals surface area contributed by atoms with E-state index in [9.17, 15) is 8.42 Å². The van der Waals surface area contributed by atoms with E-state index < -0.39 is 11.0 Å². The van der Waals surface area contributed by atoms with E-state index in [2.05, 4.69) is 0 Å². The van der Waals surface area contributed by atoms with Crippen molar-refractivity contribution in [2.24, 2.45) is 0 Å². The molecule has 2 aromatic carbocycles. The van der Waals surface area contributed by atoms with Crippen LogP contribution in [0, 0.1) is 0 Å². The molecule has 2 rings (SSSR count). The van der Waals surface area contributed by atoms with Crippen LogP contribution in [0.1, 0.15) is 0 Å². The zero-order valence-electron chi connectivity index (χ0n) is 9.58. The summed E-state index contributed by atoms with van der Waals surface area (Å²) in [6.07, 6.45) is 0. The Balaban J connectivity index is 0.00000162. The molecule has 92 valence electrons. The molecule has 0 aliphatic rings. The van der Waals surface area contributed by atoms with Crippen molar-refractivity contribution in [3.05, 3.63) is 36.4 Å². The van der Waals surface area contributed by atoms with Crippen molar-refractivity contribution < 1.29 is 12.6 Å². The first kappa shape index (κ1) is 15.3. The molecular formula is C12H14NNaO3S. The summed E-state index contributed by atoms with van der Waals surface area (Å²) >= 11 is 0. The second-order valence-electron chi connectivity index (χ2n) is 3.84. The molecule has 6 heteroatoms. The fourth-order valence-electron chi connectivity index (χ4n) is 1.81. The van der Waals surface area contributed by atoms with Gasteiger partial charge in [-0.3, -0.25) is 0 Å². The first-order chi connectivity index (χ1) is 8.09. The van der Waals surface area contributed by atoms with Crippen LogP contribution >= 0.6 is 0 Å². The molecule has 2 aromatic rings. The topological polar surface area (TPSA) is 46.6 Å². The summed E-state index contributed by atoms with van der Waals surface area (Å²) in [7, 11) is 0.993. The minimum atomic E-state index is -2.89. The molecule has 0 N–H and O–H groups in total. The minimum absolute atomic E-state index is 0. The quantitative estimate of drug-likeness (QED) is 0.674. The fourth-order valence-corrected chi connectivity index (χ4v) is 2.13. The second kappa shape index (κ2) is 6.43. The van der Waals surface area contributed by atoms with Gasteiger partial charge in [0.15, 0.2) is 0 Å². The summed E-state index contributed by atoms with van der Waals surface area (Å²) in [5, 5.41) is 1.75. The zero-order valence-corrected chi connectivity index (χ0v) is 10.5. The molecule has 18 heavy (non-hydrogen) atoms. The zero-order chi connectivity index (χ0) is 12.4. The van der Waals surface area contributed by atoms with Crippen LogP contribution in [0.5, 0.6) is 5.75 Å². The van der Waals surface area contributed by atoms with E-state index in [1.807, 2.05) is 43.3 Å². The van der Waals surface area contributed by atoms with Crippen molar-refractivity contribution in [1.82, 2.24) is 0 Å². The third-order valence-corrected chi connectivity index (χ3v) is 2.86. The van der Waals surface area contributed by atoms with Crippen molar-refractivity contribution in [1.29, 1.82) is 0 Å².